The van der Waals surface area contributed by atoms with Crippen molar-refractivity contribution in [2.75, 3.05) is 6.61 Å². The normalized spacial score (nSPS) is 38.1. The molecule has 0 amide bonds. The Morgan fingerprint density at radius 3 is 2.56 bits per heavy atom. The first-order valence-electron chi connectivity index (χ1n) is 21.3. The second-order valence-corrected chi connectivity index (χ2v) is 23.8. The maximum absolute atomic E-state index is 14.6. The van der Waals surface area contributed by atoms with Gasteiger partial charge in [0.1, 0.15) is 29.8 Å². The molecule has 0 radical (unpaired) electrons. The van der Waals surface area contributed by atoms with Gasteiger partial charge in [0.2, 0.25) is 0 Å². The van der Waals surface area contributed by atoms with E-state index in [1.807, 2.05) is 39.0 Å². The number of aliphatic hydroxyl groups is 1. The fraction of sp³-hybridized carbons (Fsp3) is 0.644. The summed E-state index contributed by atoms with van der Waals surface area (Å²) in [6, 6.07) is 5.07. The highest BCUT2D eigenvalue weighted by atomic mass is 28.4. The van der Waals surface area contributed by atoms with Gasteiger partial charge in [-0.2, -0.15) is 0 Å². The number of nitrogens with zero attached hydrogens (tertiary/aromatic N) is 3. The largest absolute Gasteiger partial charge is 0.462 e. The quantitative estimate of drug-likeness (QED) is 0.186. The average molecular weight is 834 g/mol. The Kier molecular flexibility index (Phi) is 12.0. The van der Waals surface area contributed by atoms with Gasteiger partial charge in [0.05, 0.1) is 24.9 Å². The molecular formula is C45H63N3O10Si. The predicted octanol–water partition coefficient (Wildman–Crippen LogP) is 7.43. The van der Waals surface area contributed by atoms with E-state index in [9.17, 15) is 19.5 Å². The minimum atomic E-state index is -2.37. The molecule has 322 valence electrons. The van der Waals surface area contributed by atoms with Crippen molar-refractivity contribution in [1.29, 1.82) is 0 Å². The van der Waals surface area contributed by atoms with E-state index in [1.54, 1.807) is 36.5 Å². The van der Waals surface area contributed by atoms with Gasteiger partial charge in [-0.1, -0.05) is 78.0 Å². The average Bonchev–Trinajstić information content (AvgIpc) is 3.70. The third kappa shape index (κ3) is 8.25. The van der Waals surface area contributed by atoms with Crippen molar-refractivity contribution in [3.63, 3.8) is 0 Å². The van der Waals surface area contributed by atoms with Gasteiger partial charge in [-0.3, -0.25) is 4.79 Å². The van der Waals surface area contributed by atoms with Crippen molar-refractivity contribution in [1.82, 2.24) is 14.2 Å². The van der Waals surface area contributed by atoms with Crippen LogP contribution in [0.1, 0.15) is 93.9 Å². The van der Waals surface area contributed by atoms with Gasteiger partial charge in [-0.25, -0.2) is 14.0 Å². The van der Waals surface area contributed by atoms with E-state index in [1.165, 1.54) is 4.40 Å². The summed E-state index contributed by atoms with van der Waals surface area (Å²) in [7, 11) is -2.37. The van der Waals surface area contributed by atoms with Gasteiger partial charge in [0, 0.05) is 31.4 Å². The lowest BCUT2D eigenvalue weighted by molar-refractivity contribution is -0.335. The van der Waals surface area contributed by atoms with E-state index in [0.717, 1.165) is 28.7 Å². The number of ether oxygens (including phenoxy) is 5. The molecule has 1 aliphatic carbocycles. The number of carbonyl (C=O) groups excluding carboxylic acids is 2. The first-order chi connectivity index (χ1) is 27.8. The molecule has 0 saturated carbocycles. The number of aromatic nitrogens is 3. The number of hydrogen-bond acceptors (Lipinski definition) is 11. The zero-order valence-corrected chi connectivity index (χ0v) is 37.3. The van der Waals surface area contributed by atoms with E-state index in [4.69, 9.17) is 28.1 Å². The van der Waals surface area contributed by atoms with Gasteiger partial charge in [-0.05, 0) is 86.0 Å². The van der Waals surface area contributed by atoms with Gasteiger partial charge < -0.3 is 33.2 Å². The molecule has 14 heteroatoms. The Hall–Kier alpha value is -3.66. The SMILES string of the molecule is CC[C@H]1O[C@]2(CC[C@@H]1C)C[C@@H]1C[C@@H](C/C=C(\C)[C@H](OC(=O)n3nc4ccccn4c3=O)[C@@H](C)/C=C/C=C3\CO[C@@H]4[C@H](O[Si](C)(C)C(C)(C)C)C(C)=C[C@@H](C(=O)O1)[C@]34O)O2. The number of carbonyl (C=O) groups is 2. The monoisotopic (exact) mass is 833 g/mol. The number of pyridine rings is 1. The molecule has 4 aliphatic heterocycles. The fourth-order valence-corrected chi connectivity index (χ4v) is 10.5. The van der Waals surface area contributed by atoms with Gasteiger partial charge in [-0.15, -0.1) is 9.78 Å². The molecule has 5 aliphatic rings. The Labute approximate surface area is 348 Å². The van der Waals surface area contributed by atoms with E-state index in [0.29, 0.717) is 42.8 Å². The first kappa shape index (κ1) is 43.4. The van der Waals surface area contributed by atoms with Crippen LogP contribution in [-0.4, -0.2) is 94.3 Å². The van der Waals surface area contributed by atoms with Crippen molar-refractivity contribution in [3.05, 3.63) is 82.0 Å². The van der Waals surface area contributed by atoms with Crippen LogP contribution in [0.4, 0.5) is 4.79 Å². The predicted molar refractivity (Wildman–Crippen MR) is 224 cm³/mol. The molecule has 6 heterocycles. The zero-order chi connectivity index (χ0) is 42.7. The molecule has 11 atom stereocenters. The summed E-state index contributed by atoms with van der Waals surface area (Å²) in [5.74, 6) is -2.59. The molecule has 1 spiro atoms. The third-order valence-corrected chi connectivity index (χ3v) is 18.2. The smallest absolute Gasteiger partial charge is 0.440 e. The Morgan fingerprint density at radius 1 is 1.08 bits per heavy atom. The van der Waals surface area contributed by atoms with Crippen LogP contribution < -0.4 is 5.69 Å². The summed E-state index contributed by atoms with van der Waals surface area (Å²) < 4.78 is 41.7. The Bertz CT molecular complexity index is 2110. The summed E-state index contributed by atoms with van der Waals surface area (Å²) in [4.78, 5) is 41.5. The van der Waals surface area contributed by atoms with Crippen LogP contribution >= 0.6 is 0 Å². The van der Waals surface area contributed by atoms with Crippen LogP contribution in [0, 0.1) is 17.8 Å². The molecule has 2 bridgehead atoms. The molecule has 2 aromatic rings. The van der Waals surface area contributed by atoms with E-state index in [-0.39, 0.29) is 17.7 Å². The molecule has 3 saturated heterocycles. The van der Waals surface area contributed by atoms with E-state index in [2.05, 4.69) is 52.8 Å². The summed E-state index contributed by atoms with van der Waals surface area (Å²) in [5.41, 5.74) is -0.00455. The minimum Gasteiger partial charge on any atom is -0.462 e. The number of rotatable bonds is 4. The van der Waals surface area contributed by atoms with E-state index < -0.39 is 79.8 Å². The zero-order valence-electron chi connectivity index (χ0n) is 36.3. The molecule has 7 rings (SSSR count). The third-order valence-electron chi connectivity index (χ3n) is 13.8. The van der Waals surface area contributed by atoms with Gasteiger partial charge in [0.15, 0.2) is 19.8 Å². The lowest BCUT2D eigenvalue weighted by Gasteiger charge is -2.50. The summed E-state index contributed by atoms with van der Waals surface area (Å²) in [6.07, 6.45) is 10.3. The molecule has 13 nitrogen and oxygen atoms in total. The minimum absolute atomic E-state index is 0.0139. The summed E-state index contributed by atoms with van der Waals surface area (Å²) >= 11 is 0. The Balaban J connectivity index is 1.29. The number of hydrogen-bond donors (Lipinski definition) is 1. The highest BCUT2D eigenvalue weighted by molar-refractivity contribution is 6.74. The summed E-state index contributed by atoms with van der Waals surface area (Å²) in [5, 5.41) is 17.1. The molecule has 59 heavy (non-hydrogen) atoms. The van der Waals surface area contributed by atoms with E-state index >= 15 is 0 Å². The second-order valence-electron chi connectivity index (χ2n) is 19.0. The molecule has 0 unspecified atom stereocenters. The maximum atomic E-state index is 14.6. The number of fused-ring (bicyclic) bond motifs is 3. The highest BCUT2D eigenvalue weighted by Gasteiger charge is 2.61. The topological polar surface area (TPSA) is 149 Å². The summed E-state index contributed by atoms with van der Waals surface area (Å²) in [6.45, 7) is 21.0. The van der Waals surface area contributed by atoms with Crippen molar-refractivity contribution in [2.24, 2.45) is 17.8 Å². The van der Waals surface area contributed by atoms with Crippen molar-refractivity contribution in [2.45, 2.75) is 160 Å². The van der Waals surface area contributed by atoms with Crippen LogP contribution in [0.15, 0.2) is 76.3 Å². The van der Waals surface area contributed by atoms with Gasteiger partial charge >= 0.3 is 17.8 Å². The molecule has 2 aromatic heterocycles. The van der Waals surface area contributed by atoms with Crippen LogP contribution in [0.2, 0.25) is 18.1 Å². The molecule has 0 aromatic carbocycles. The van der Waals surface area contributed by atoms with Crippen molar-refractivity contribution < 1.29 is 42.8 Å². The fourth-order valence-electron chi connectivity index (χ4n) is 9.20. The Morgan fingerprint density at radius 2 is 1.85 bits per heavy atom. The van der Waals surface area contributed by atoms with Crippen LogP contribution in [0.3, 0.4) is 0 Å². The standard InChI is InChI=1S/C45H63N3O10Si/c1-11-35-27(2)20-21-44(57-35)25-33-24-32(56-44)19-18-29(4)37(55-42(51)48-41(50)47-22-13-12-17-36(47)46-48)28(3)15-14-16-31-26-53-39-38(58-59(9,10)43(6,7)8)30(5)23-34(40(49)54-33)45(31,39)52/h12-18,22-23,27-28,32-35,37-39,52H,11,19-21,24-26H2,1-10H3/b15-14+,29-18+,31-16+/t27-,28-,32+,33-,34-,35+,37+,38+,39+,44+,45+/m0/s1. The van der Waals surface area contributed by atoms with Crippen LogP contribution in [-0.2, 0) is 32.9 Å². The maximum Gasteiger partial charge on any atom is 0.440 e. The van der Waals surface area contributed by atoms with Crippen LogP contribution in [0.25, 0.3) is 5.65 Å². The number of esters is 1. The molecule has 3 fully saturated rings. The highest BCUT2D eigenvalue weighted by Crippen LogP contribution is 2.50. The molecule has 1 N–H and O–H groups in total. The van der Waals surface area contributed by atoms with Crippen molar-refractivity contribution >= 4 is 26.0 Å². The number of allylic oxidation sites excluding steroid dienone is 2. The second kappa shape index (κ2) is 16.3. The van der Waals surface area contributed by atoms with Gasteiger partial charge in [0.25, 0.3) is 0 Å². The van der Waals surface area contributed by atoms with Crippen LogP contribution in [0.5, 0.6) is 0 Å². The lowest BCUT2D eigenvalue weighted by atomic mass is 9.71. The lowest BCUT2D eigenvalue weighted by Crippen LogP contribution is -2.60. The molecular weight excluding hydrogens is 771 g/mol. The van der Waals surface area contributed by atoms with Crippen molar-refractivity contribution in [3.8, 4) is 0 Å². The first-order valence-corrected chi connectivity index (χ1v) is 24.3.